The van der Waals surface area contributed by atoms with Gasteiger partial charge in [-0.2, -0.15) is 17.5 Å². The summed E-state index contributed by atoms with van der Waals surface area (Å²) in [5.74, 6) is -1.12. The topological polar surface area (TPSA) is 94.2 Å². The SMILES string of the molecule is Cn1c(C(F)(F)F)cc(=O)n(-c2ccc3snc(C(C)(C)C(=O)O)c3c2)c1=O. The first-order valence-electron chi connectivity index (χ1n) is 7.89. The van der Waals surface area contributed by atoms with Gasteiger partial charge in [-0.25, -0.2) is 9.36 Å². The molecule has 0 amide bonds. The maximum absolute atomic E-state index is 13.0. The van der Waals surface area contributed by atoms with Crippen LogP contribution in [0.5, 0.6) is 0 Å². The number of carboxylic acids is 1. The Morgan fingerprint density at radius 2 is 1.82 bits per heavy atom. The zero-order chi connectivity index (χ0) is 21.0. The molecule has 0 atom stereocenters. The number of aliphatic carboxylic acids is 1. The van der Waals surface area contributed by atoms with Crippen LogP contribution in [0.3, 0.4) is 0 Å². The normalized spacial score (nSPS) is 12.5. The number of hydrogen-bond donors (Lipinski definition) is 1. The minimum atomic E-state index is -4.86. The van der Waals surface area contributed by atoms with Gasteiger partial charge in [0.15, 0.2) is 0 Å². The molecule has 0 bridgehead atoms. The third-order valence-electron chi connectivity index (χ3n) is 4.45. The van der Waals surface area contributed by atoms with E-state index in [4.69, 9.17) is 0 Å². The number of aromatic nitrogens is 3. The number of fused-ring (bicyclic) bond motifs is 1. The van der Waals surface area contributed by atoms with E-state index >= 15 is 0 Å². The minimum Gasteiger partial charge on any atom is -0.481 e. The van der Waals surface area contributed by atoms with Gasteiger partial charge in [0, 0.05) is 18.5 Å². The Morgan fingerprint density at radius 3 is 2.39 bits per heavy atom. The van der Waals surface area contributed by atoms with Crippen molar-refractivity contribution in [2.75, 3.05) is 0 Å². The van der Waals surface area contributed by atoms with Crippen LogP contribution in [0.4, 0.5) is 13.2 Å². The van der Waals surface area contributed by atoms with Crippen LogP contribution in [0.15, 0.2) is 33.9 Å². The van der Waals surface area contributed by atoms with E-state index in [1.807, 2.05) is 0 Å². The predicted molar refractivity (Wildman–Crippen MR) is 96.1 cm³/mol. The highest BCUT2D eigenvalue weighted by Gasteiger charge is 2.36. The zero-order valence-electron chi connectivity index (χ0n) is 14.9. The Morgan fingerprint density at radius 1 is 1.18 bits per heavy atom. The second kappa shape index (κ2) is 6.30. The standard InChI is InChI=1S/C17H14F3N3O4S/c1-16(2,14(25)26)13-9-6-8(4-5-10(9)28-21-13)23-12(24)7-11(17(18,19)20)22(3)15(23)27/h4-7H,1-3H3,(H,25,26). The average Bonchev–Trinajstić information content (AvgIpc) is 3.01. The van der Waals surface area contributed by atoms with Gasteiger partial charge in [0.1, 0.15) is 11.1 Å². The van der Waals surface area contributed by atoms with E-state index in [2.05, 4.69) is 4.37 Å². The first-order chi connectivity index (χ1) is 12.9. The number of alkyl halides is 3. The van der Waals surface area contributed by atoms with Gasteiger partial charge in [0.2, 0.25) is 0 Å². The highest BCUT2D eigenvalue weighted by molar-refractivity contribution is 7.13. The third-order valence-corrected chi connectivity index (χ3v) is 5.28. The molecule has 1 N–H and O–H groups in total. The van der Waals surface area contributed by atoms with Gasteiger partial charge in [-0.05, 0) is 43.6 Å². The first-order valence-corrected chi connectivity index (χ1v) is 8.67. The van der Waals surface area contributed by atoms with Gasteiger partial charge in [0.25, 0.3) is 5.56 Å². The van der Waals surface area contributed by atoms with E-state index in [0.717, 1.165) is 18.6 Å². The lowest BCUT2D eigenvalue weighted by atomic mass is 9.87. The van der Waals surface area contributed by atoms with E-state index in [1.165, 1.54) is 32.0 Å². The predicted octanol–water partition coefficient (Wildman–Crippen LogP) is 2.53. The molecule has 0 fully saturated rings. The molecule has 11 heteroatoms. The van der Waals surface area contributed by atoms with Gasteiger partial charge < -0.3 is 5.11 Å². The molecule has 7 nitrogen and oxygen atoms in total. The molecule has 148 valence electrons. The number of benzene rings is 1. The second-order valence-electron chi connectivity index (χ2n) is 6.68. The van der Waals surface area contributed by atoms with Crippen molar-refractivity contribution in [2.24, 2.45) is 7.05 Å². The summed E-state index contributed by atoms with van der Waals surface area (Å²) in [6.45, 7) is 2.92. The second-order valence-corrected chi connectivity index (χ2v) is 7.49. The molecule has 0 unspecified atom stereocenters. The lowest BCUT2D eigenvalue weighted by molar-refractivity contribution is -0.144. The van der Waals surface area contributed by atoms with Crippen LogP contribution < -0.4 is 11.2 Å². The summed E-state index contributed by atoms with van der Waals surface area (Å²) in [7, 11) is 0.921. The summed E-state index contributed by atoms with van der Waals surface area (Å²) in [6, 6.07) is 4.66. The number of hydrogen-bond acceptors (Lipinski definition) is 5. The molecule has 2 aromatic heterocycles. The lowest BCUT2D eigenvalue weighted by Gasteiger charge is -2.17. The lowest BCUT2D eigenvalue weighted by Crippen LogP contribution is -2.40. The van der Waals surface area contributed by atoms with Crippen molar-refractivity contribution < 1.29 is 23.1 Å². The molecule has 0 aliphatic rings. The average molecular weight is 413 g/mol. The number of nitrogens with zero attached hydrogens (tertiary/aromatic N) is 3. The minimum absolute atomic E-state index is 0.0227. The largest absolute Gasteiger partial charge is 0.481 e. The van der Waals surface area contributed by atoms with Crippen LogP contribution in [0.2, 0.25) is 0 Å². The molecule has 0 spiro atoms. The molecule has 0 aliphatic carbocycles. The molecule has 0 saturated heterocycles. The summed E-state index contributed by atoms with van der Waals surface area (Å²) in [5, 5.41) is 9.85. The molecule has 1 aromatic carbocycles. The van der Waals surface area contributed by atoms with Crippen molar-refractivity contribution in [3.63, 3.8) is 0 Å². The molecule has 0 radical (unpaired) electrons. The van der Waals surface area contributed by atoms with Crippen LogP contribution in [0.1, 0.15) is 25.2 Å². The Hall–Kier alpha value is -2.95. The number of rotatable bonds is 3. The fourth-order valence-corrected chi connectivity index (χ4v) is 3.65. The van der Waals surface area contributed by atoms with Gasteiger partial charge >= 0.3 is 17.8 Å². The fourth-order valence-electron chi connectivity index (χ4n) is 2.75. The maximum Gasteiger partial charge on any atom is 0.431 e. The van der Waals surface area contributed by atoms with Crippen LogP contribution in [-0.4, -0.2) is 24.6 Å². The van der Waals surface area contributed by atoms with Crippen molar-refractivity contribution in [2.45, 2.75) is 25.4 Å². The van der Waals surface area contributed by atoms with Crippen molar-refractivity contribution in [3.05, 3.63) is 56.5 Å². The van der Waals surface area contributed by atoms with E-state index in [1.54, 1.807) is 0 Å². The molecule has 0 aliphatic heterocycles. The smallest absolute Gasteiger partial charge is 0.431 e. The van der Waals surface area contributed by atoms with E-state index in [0.29, 0.717) is 25.3 Å². The van der Waals surface area contributed by atoms with Crippen LogP contribution in [0.25, 0.3) is 15.8 Å². The van der Waals surface area contributed by atoms with Gasteiger partial charge in [-0.3, -0.25) is 14.2 Å². The van der Waals surface area contributed by atoms with Gasteiger partial charge in [0.05, 0.1) is 16.1 Å². The van der Waals surface area contributed by atoms with Crippen molar-refractivity contribution >= 4 is 27.6 Å². The van der Waals surface area contributed by atoms with Crippen LogP contribution in [-0.2, 0) is 23.4 Å². The summed E-state index contributed by atoms with van der Waals surface area (Å²) in [6.07, 6.45) is -4.86. The van der Waals surface area contributed by atoms with E-state index < -0.39 is 34.5 Å². The Balaban J connectivity index is 2.29. The quantitative estimate of drug-likeness (QED) is 0.712. The van der Waals surface area contributed by atoms with Gasteiger partial charge in [-0.15, -0.1) is 0 Å². The monoisotopic (exact) mass is 413 g/mol. The van der Waals surface area contributed by atoms with Gasteiger partial charge in [-0.1, -0.05) is 0 Å². The maximum atomic E-state index is 13.0. The van der Waals surface area contributed by atoms with Crippen molar-refractivity contribution in [1.29, 1.82) is 0 Å². The molecule has 0 saturated carbocycles. The number of carbonyl (C=O) groups is 1. The Bertz CT molecular complexity index is 1220. The Labute approximate surface area is 159 Å². The Kier molecular flexibility index (Phi) is 4.45. The van der Waals surface area contributed by atoms with Crippen LogP contribution >= 0.6 is 11.5 Å². The summed E-state index contributed by atoms with van der Waals surface area (Å²) in [5.41, 5.74) is -4.75. The first kappa shape index (κ1) is 19.8. The highest BCUT2D eigenvalue weighted by Crippen LogP contribution is 2.33. The number of carboxylic acid groups (broad SMARTS) is 1. The van der Waals surface area contributed by atoms with E-state index in [-0.39, 0.29) is 11.4 Å². The fraction of sp³-hybridized carbons (Fsp3) is 0.294. The number of halogens is 3. The summed E-state index contributed by atoms with van der Waals surface area (Å²) < 4.78 is 44.7. The van der Waals surface area contributed by atoms with E-state index in [9.17, 15) is 32.7 Å². The summed E-state index contributed by atoms with van der Waals surface area (Å²) >= 11 is 1.05. The van der Waals surface area contributed by atoms with Crippen LogP contribution in [0, 0.1) is 0 Å². The summed E-state index contributed by atoms with van der Waals surface area (Å²) in [4.78, 5) is 36.3. The zero-order valence-corrected chi connectivity index (χ0v) is 15.7. The highest BCUT2D eigenvalue weighted by atomic mass is 32.1. The van der Waals surface area contributed by atoms with Crippen molar-refractivity contribution in [3.8, 4) is 5.69 Å². The molecule has 3 aromatic rings. The molecule has 3 rings (SSSR count). The molecular weight excluding hydrogens is 399 g/mol. The molecule has 28 heavy (non-hydrogen) atoms. The molecular formula is C17H14F3N3O4S. The van der Waals surface area contributed by atoms with Crippen molar-refractivity contribution in [1.82, 2.24) is 13.5 Å². The molecule has 2 heterocycles. The third kappa shape index (κ3) is 3.01.